The summed E-state index contributed by atoms with van der Waals surface area (Å²) in [6.45, 7) is 1.63. The van der Waals surface area contributed by atoms with Gasteiger partial charge in [0, 0.05) is 20.2 Å². The molecule has 0 radical (unpaired) electrons. The summed E-state index contributed by atoms with van der Waals surface area (Å²) >= 11 is 1.23. The van der Waals surface area contributed by atoms with Gasteiger partial charge in [-0.3, -0.25) is 0 Å². The van der Waals surface area contributed by atoms with Crippen LogP contribution in [0.15, 0.2) is 0 Å². The molecule has 1 atom stereocenters. The number of esters is 1. The van der Waals surface area contributed by atoms with Crippen molar-refractivity contribution in [2.75, 3.05) is 37.9 Å². The molecule has 0 spiro atoms. The number of methoxy groups -OCH3 is 2. The minimum Gasteiger partial charge on any atom is -0.465 e. The molecular weight excluding hydrogens is 254 g/mol. The van der Waals surface area contributed by atoms with Crippen LogP contribution in [0.4, 0.5) is 10.8 Å². The molecule has 0 aromatic carbocycles. The summed E-state index contributed by atoms with van der Waals surface area (Å²) in [5.74, 6) is -0.197. The molecule has 0 amide bonds. The van der Waals surface area contributed by atoms with E-state index >= 15 is 0 Å². The lowest BCUT2D eigenvalue weighted by Crippen LogP contribution is -2.39. The molecule has 100 valence electrons. The van der Waals surface area contributed by atoms with E-state index in [1.54, 1.807) is 7.11 Å². The molecular formula is C11H17N3O3S. The predicted molar refractivity (Wildman–Crippen MR) is 70.1 cm³/mol. The molecule has 1 saturated heterocycles. The maximum absolute atomic E-state index is 11.7. The van der Waals surface area contributed by atoms with E-state index in [9.17, 15) is 4.79 Å². The fourth-order valence-electron chi connectivity index (χ4n) is 2.12. The Balaban J connectivity index is 2.25. The zero-order valence-corrected chi connectivity index (χ0v) is 11.3. The van der Waals surface area contributed by atoms with E-state index in [4.69, 9.17) is 15.2 Å². The van der Waals surface area contributed by atoms with Crippen molar-refractivity contribution in [2.24, 2.45) is 0 Å². The van der Waals surface area contributed by atoms with E-state index in [0.717, 1.165) is 30.9 Å². The molecule has 2 heterocycles. The van der Waals surface area contributed by atoms with Crippen LogP contribution in [0.3, 0.4) is 0 Å². The number of rotatable bonds is 3. The van der Waals surface area contributed by atoms with Crippen molar-refractivity contribution in [3.63, 3.8) is 0 Å². The second kappa shape index (κ2) is 5.53. The summed E-state index contributed by atoms with van der Waals surface area (Å²) in [6.07, 6.45) is 2.25. The molecule has 7 heteroatoms. The molecule has 1 aliphatic rings. The van der Waals surface area contributed by atoms with Crippen LogP contribution in [0.25, 0.3) is 0 Å². The maximum Gasteiger partial charge on any atom is 0.344 e. The topological polar surface area (TPSA) is 77.7 Å². The van der Waals surface area contributed by atoms with Gasteiger partial charge in [0.2, 0.25) is 0 Å². The van der Waals surface area contributed by atoms with Crippen LogP contribution in [0, 0.1) is 0 Å². The van der Waals surface area contributed by atoms with Gasteiger partial charge in [0.1, 0.15) is 10.6 Å². The molecule has 1 fully saturated rings. The normalized spacial score (nSPS) is 19.9. The van der Waals surface area contributed by atoms with Gasteiger partial charge in [0.25, 0.3) is 0 Å². The van der Waals surface area contributed by atoms with E-state index in [0.29, 0.717) is 5.56 Å². The lowest BCUT2D eigenvalue weighted by molar-refractivity contribution is 0.0601. The number of nitrogens with zero attached hydrogens (tertiary/aromatic N) is 2. The van der Waals surface area contributed by atoms with E-state index in [-0.39, 0.29) is 11.9 Å². The molecule has 1 unspecified atom stereocenters. The molecule has 0 aliphatic carbocycles. The number of hydrogen-bond acceptors (Lipinski definition) is 7. The van der Waals surface area contributed by atoms with Gasteiger partial charge in [0.05, 0.1) is 13.2 Å². The van der Waals surface area contributed by atoms with Crippen molar-refractivity contribution < 1.29 is 14.3 Å². The Kier molecular flexibility index (Phi) is 4.03. The van der Waals surface area contributed by atoms with E-state index in [1.165, 1.54) is 18.6 Å². The molecule has 1 aliphatic heterocycles. The van der Waals surface area contributed by atoms with Crippen LogP contribution in [0.5, 0.6) is 0 Å². The zero-order valence-electron chi connectivity index (χ0n) is 10.5. The third-order valence-electron chi connectivity index (χ3n) is 3.09. The van der Waals surface area contributed by atoms with Crippen molar-refractivity contribution in [1.82, 2.24) is 4.37 Å². The highest BCUT2D eigenvalue weighted by atomic mass is 32.1. The first-order valence-electron chi connectivity index (χ1n) is 5.78. The second-order valence-corrected chi connectivity index (χ2v) is 4.94. The van der Waals surface area contributed by atoms with Crippen LogP contribution in [-0.2, 0) is 9.47 Å². The van der Waals surface area contributed by atoms with Crippen molar-refractivity contribution in [1.29, 1.82) is 0 Å². The summed E-state index contributed by atoms with van der Waals surface area (Å²) in [4.78, 5) is 13.8. The summed E-state index contributed by atoms with van der Waals surface area (Å²) in [5, 5.41) is 0.779. The van der Waals surface area contributed by atoms with E-state index in [2.05, 4.69) is 9.27 Å². The summed E-state index contributed by atoms with van der Waals surface area (Å²) < 4.78 is 14.2. The van der Waals surface area contributed by atoms with Gasteiger partial charge >= 0.3 is 5.97 Å². The summed E-state index contributed by atoms with van der Waals surface area (Å²) in [5.41, 5.74) is 6.11. The largest absolute Gasteiger partial charge is 0.465 e. The molecule has 0 bridgehead atoms. The average Bonchev–Trinajstić information content (AvgIpc) is 2.80. The monoisotopic (exact) mass is 271 g/mol. The minimum absolute atomic E-state index is 0.188. The third kappa shape index (κ3) is 2.41. The molecule has 2 rings (SSSR count). The van der Waals surface area contributed by atoms with Crippen molar-refractivity contribution in [2.45, 2.75) is 18.9 Å². The number of anilines is 2. The van der Waals surface area contributed by atoms with E-state index in [1.807, 2.05) is 0 Å². The van der Waals surface area contributed by atoms with Crippen LogP contribution in [-0.4, -0.2) is 43.8 Å². The van der Waals surface area contributed by atoms with Gasteiger partial charge in [-0.2, -0.15) is 4.37 Å². The Hall–Kier alpha value is -1.34. The number of carbonyl (C=O) groups excluding carboxylic acids is 1. The lowest BCUT2D eigenvalue weighted by atomic mass is 10.1. The number of ether oxygens (including phenoxy) is 2. The molecule has 1 aromatic rings. The van der Waals surface area contributed by atoms with Gasteiger partial charge in [-0.25, -0.2) is 4.79 Å². The van der Waals surface area contributed by atoms with Crippen LogP contribution in [0.1, 0.15) is 23.2 Å². The molecule has 0 saturated carbocycles. The Labute approximate surface area is 110 Å². The summed E-state index contributed by atoms with van der Waals surface area (Å²) in [7, 11) is 3.05. The number of nitrogens with two attached hydrogens (primary N) is 1. The van der Waals surface area contributed by atoms with Crippen LogP contribution >= 0.6 is 11.5 Å². The van der Waals surface area contributed by atoms with Crippen LogP contribution in [0.2, 0.25) is 0 Å². The molecule has 18 heavy (non-hydrogen) atoms. The second-order valence-electron chi connectivity index (χ2n) is 4.19. The quantitative estimate of drug-likeness (QED) is 0.830. The summed E-state index contributed by atoms with van der Waals surface area (Å²) in [6, 6.07) is 0. The van der Waals surface area contributed by atoms with Gasteiger partial charge in [-0.15, -0.1) is 0 Å². The highest BCUT2D eigenvalue weighted by Crippen LogP contribution is 2.33. The van der Waals surface area contributed by atoms with Crippen molar-refractivity contribution in [3.05, 3.63) is 5.56 Å². The van der Waals surface area contributed by atoms with Crippen molar-refractivity contribution in [3.8, 4) is 0 Å². The molecule has 6 nitrogen and oxygen atoms in total. The first kappa shape index (κ1) is 13.1. The number of aromatic nitrogens is 1. The number of nitrogen functional groups attached to an aromatic ring is 1. The maximum atomic E-state index is 11.7. The zero-order chi connectivity index (χ0) is 13.1. The van der Waals surface area contributed by atoms with Crippen LogP contribution < -0.4 is 10.6 Å². The van der Waals surface area contributed by atoms with Gasteiger partial charge in [0.15, 0.2) is 5.82 Å². The Morgan fingerprint density at radius 1 is 1.56 bits per heavy atom. The third-order valence-corrected chi connectivity index (χ3v) is 4.01. The number of piperidine rings is 1. The van der Waals surface area contributed by atoms with Crippen molar-refractivity contribution >= 4 is 28.3 Å². The highest BCUT2D eigenvalue weighted by Gasteiger charge is 2.28. The predicted octanol–water partition coefficient (Wildman–Crippen LogP) is 1.13. The van der Waals surface area contributed by atoms with Gasteiger partial charge in [-0.05, 0) is 24.4 Å². The number of carbonyl (C=O) groups is 1. The molecule has 1 aromatic heterocycles. The average molecular weight is 271 g/mol. The smallest absolute Gasteiger partial charge is 0.344 e. The lowest BCUT2D eigenvalue weighted by Gasteiger charge is -2.32. The highest BCUT2D eigenvalue weighted by molar-refractivity contribution is 7.11. The minimum atomic E-state index is -0.434. The SMILES string of the molecule is COC(=O)c1c(N)nsc1N1CCCC(OC)C1. The Morgan fingerprint density at radius 2 is 2.33 bits per heavy atom. The first-order valence-corrected chi connectivity index (χ1v) is 6.56. The standard InChI is InChI=1S/C11H17N3O3S/c1-16-7-4-3-5-14(6-7)10-8(11(15)17-2)9(12)13-18-10/h7H,3-6H2,1-2H3,(H2,12,13). The Bertz CT molecular complexity index is 435. The fraction of sp³-hybridized carbons (Fsp3) is 0.636. The van der Waals surface area contributed by atoms with Gasteiger partial charge in [-0.1, -0.05) is 0 Å². The number of hydrogen-bond donors (Lipinski definition) is 1. The Morgan fingerprint density at radius 3 is 3.00 bits per heavy atom. The molecule has 2 N–H and O–H groups in total. The van der Waals surface area contributed by atoms with E-state index < -0.39 is 5.97 Å². The van der Waals surface area contributed by atoms with Gasteiger partial charge < -0.3 is 20.1 Å². The fourth-order valence-corrected chi connectivity index (χ4v) is 2.95. The first-order chi connectivity index (χ1) is 8.67.